The summed E-state index contributed by atoms with van der Waals surface area (Å²) in [6.07, 6.45) is 9.49. The number of pyridine rings is 1. The van der Waals surface area contributed by atoms with Crippen LogP contribution in [-0.4, -0.2) is 18.6 Å². The molecular formula is C16H24N2O. The average molecular weight is 260 g/mol. The maximum atomic E-state index is 5.57. The number of nitrogens with zero attached hydrogens (tertiary/aromatic N) is 1. The van der Waals surface area contributed by atoms with E-state index < -0.39 is 0 Å². The van der Waals surface area contributed by atoms with Crippen LogP contribution >= 0.6 is 0 Å². The SMILES string of the molecule is CCOc1cncc(C(NC)C2C3CCCCC32)c1. The van der Waals surface area contributed by atoms with Crippen molar-refractivity contribution < 1.29 is 4.74 Å². The molecule has 19 heavy (non-hydrogen) atoms. The molecule has 1 N–H and O–H groups in total. The topological polar surface area (TPSA) is 34.1 Å². The van der Waals surface area contributed by atoms with Crippen LogP contribution < -0.4 is 10.1 Å². The molecular weight excluding hydrogens is 236 g/mol. The molecule has 104 valence electrons. The van der Waals surface area contributed by atoms with Crippen LogP contribution in [0, 0.1) is 17.8 Å². The third kappa shape index (κ3) is 2.48. The second kappa shape index (κ2) is 5.49. The highest BCUT2D eigenvalue weighted by Crippen LogP contribution is 2.60. The lowest BCUT2D eigenvalue weighted by atomic mass is 10.0. The second-order valence-corrected chi connectivity index (χ2v) is 5.84. The van der Waals surface area contributed by atoms with Gasteiger partial charge < -0.3 is 10.1 Å². The highest BCUT2D eigenvalue weighted by atomic mass is 16.5. The van der Waals surface area contributed by atoms with Gasteiger partial charge >= 0.3 is 0 Å². The first-order chi connectivity index (χ1) is 9.35. The summed E-state index contributed by atoms with van der Waals surface area (Å²) >= 11 is 0. The number of fused-ring (bicyclic) bond motifs is 1. The van der Waals surface area contributed by atoms with Crippen LogP contribution in [0.1, 0.15) is 44.2 Å². The van der Waals surface area contributed by atoms with E-state index in [1.807, 2.05) is 13.1 Å². The van der Waals surface area contributed by atoms with E-state index in [1.165, 1.54) is 31.2 Å². The summed E-state index contributed by atoms with van der Waals surface area (Å²) in [6.45, 7) is 2.71. The van der Waals surface area contributed by atoms with Crippen LogP contribution in [0.4, 0.5) is 0 Å². The molecule has 0 bridgehead atoms. The largest absolute Gasteiger partial charge is 0.492 e. The van der Waals surface area contributed by atoms with Crippen molar-refractivity contribution >= 4 is 0 Å². The highest BCUT2D eigenvalue weighted by molar-refractivity contribution is 5.28. The van der Waals surface area contributed by atoms with Crippen LogP contribution in [-0.2, 0) is 0 Å². The van der Waals surface area contributed by atoms with Gasteiger partial charge in [-0.25, -0.2) is 0 Å². The maximum absolute atomic E-state index is 5.57. The van der Waals surface area contributed by atoms with E-state index in [2.05, 4.69) is 23.4 Å². The first kappa shape index (κ1) is 12.9. The van der Waals surface area contributed by atoms with Crippen molar-refractivity contribution in [2.45, 2.75) is 38.6 Å². The molecule has 3 nitrogen and oxygen atoms in total. The Hall–Kier alpha value is -1.09. The Morgan fingerprint density at radius 2 is 2.05 bits per heavy atom. The van der Waals surface area contributed by atoms with Gasteiger partial charge in [-0.05, 0) is 56.2 Å². The van der Waals surface area contributed by atoms with Crippen molar-refractivity contribution in [3.8, 4) is 5.75 Å². The molecule has 2 aliphatic rings. The van der Waals surface area contributed by atoms with E-state index in [9.17, 15) is 0 Å². The Bertz CT molecular complexity index is 423. The van der Waals surface area contributed by atoms with E-state index in [0.29, 0.717) is 12.6 Å². The van der Waals surface area contributed by atoms with Crippen molar-refractivity contribution in [2.75, 3.05) is 13.7 Å². The van der Waals surface area contributed by atoms with E-state index in [-0.39, 0.29) is 0 Å². The molecule has 0 radical (unpaired) electrons. The summed E-state index contributed by atoms with van der Waals surface area (Å²) in [7, 11) is 2.07. The van der Waals surface area contributed by atoms with E-state index in [4.69, 9.17) is 4.74 Å². The monoisotopic (exact) mass is 260 g/mol. The van der Waals surface area contributed by atoms with Crippen LogP contribution in [0.25, 0.3) is 0 Å². The molecule has 1 heterocycles. The molecule has 3 atom stereocenters. The second-order valence-electron chi connectivity index (χ2n) is 5.84. The van der Waals surface area contributed by atoms with Crippen molar-refractivity contribution in [1.82, 2.24) is 10.3 Å². The maximum Gasteiger partial charge on any atom is 0.137 e. The summed E-state index contributed by atoms with van der Waals surface area (Å²) in [5.41, 5.74) is 1.29. The minimum Gasteiger partial charge on any atom is -0.492 e. The fourth-order valence-corrected chi connectivity index (χ4v) is 3.97. The predicted octanol–water partition coefficient (Wildman–Crippen LogP) is 3.18. The molecule has 0 saturated heterocycles. The number of rotatable bonds is 5. The quantitative estimate of drug-likeness (QED) is 0.883. The Labute approximate surface area is 115 Å². The first-order valence-electron chi connectivity index (χ1n) is 7.60. The number of nitrogens with one attached hydrogen (secondary N) is 1. The van der Waals surface area contributed by atoms with Crippen molar-refractivity contribution in [2.24, 2.45) is 17.8 Å². The van der Waals surface area contributed by atoms with Gasteiger partial charge in [0.1, 0.15) is 5.75 Å². The van der Waals surface area contributed by atoms with Crippen LogP contribution in [0.2, 0.25) is 0 Å². The lowest BCUT2D eigenvalue weighted by molar-refractivity contribution is 0.337. The van der Waals surface area contributed by atoms with Gasteiger partial charge in [-0.1, -0.05) is 12.8 Å². The summed E-state index contributed by atoms with van der Waals surface area (Å²) in [6, 6.07) is 2.60. The van der Waals surface area contributed by atoms with Gasteiger partial charge in [-0.2, -0.15) is 0 Å². The summed E-state index contributed by atoms with van der Waals surface area (Å²) in [5, 5.41) is 3.51. The zero-order valence-electron chi connectivity index (χ0n) is 11.9. The average Bonchev–Trinajstić information content (AvgIpc) is 3.15. The third-order valence-electron chi connectivity index (χ3n) is 4.82. The normalized spacial score (nSPS) is 30.5. The van der Waals surface area contributed by atoms with Gasteiger partial charge in [0, 0.05) is 12.2 Å². The molecule has 3 rings (SSSR count). The molecule has 0 spiro atoms. The molecule has 0 aliphatic heterocycles. The molecule has 3 heteroatoms. The summed E-state index contributed by atoms with van der Waals surface area (Å²) in [5.74, 6) is 3.60. The molecule has 0 amide bonds. The molecule has 2 fully saturated rings. The Morgan fingerprint density at radius 3 is 2.68 bits per heavy atom. The Kier molecular flexibility index (Phi) is 3.74. The molecule has 1 aromatic rings. The van der Waals surface area contributed by atoms with Crippen LogP contribution in [0.3, 0.4) is 0 Å². The van der Waals surface area contributed by atoms with E-state index in [0.717, 1.165) is 23.5 Å². The summed E-state index contributed by atoms with van der Waals surface area (Å²) in [4.78, 5) is 4.33. The smallest absolute Gasteiger partial charge is 0.137 e. The molecule has 2 aliphatic carbocycles. The highest BCUT2D eigenvalue weighted by Gasteiger charge is 2.54. The third-order valence-corrected chi connectivity index (χ3v) is 4.82. The Morgan fingerprint density at radius 1 is 1.32 bits per heavy atom. The van der Waals surface area contributed by atoms with Crippen LogP contribution in [0.5, 0.6) is 5.75 Å². The van der Waals surface area contributed by atoms with Crippen molar-refractivity contribution in [3.63, 3.8) is 0 Å². The number of hydrogen-bond donors (Lipinski definition) is 1. The number of ether oxygens (including phenoxy) is 1. The predicted molar refractivity (Wildman–Crippen MR) is 76.1 cm³/mol. The van der Waals surface area contributed by atoms with Gasteiger partial charge in [0.15, 0.2) is 0 Å². The van der Waals surface area contributed by atoms with Gasteiger partial charge in [-0.15, -0.1) is 0 Å². The zero-order valence-corrected chi connectivity index (χ0v) is 11.9. The molecule has 2 saturated carbocycles. The zero-order chi connectivity index (χ0) is 13.2. The van der Waals surface area contributed by atoms with E-state index in [1.54, 1.807) is 6.20 Å². The minimum absolute atomic E-state index is 0.445. The van der Waals surface area contributed by atoms with Crippen LogP contribution in [0.15, 0.2) is 18.5 Å². The van der Waals surface area contributed by atoms with Crippen molar-refractivity contribution in [3.05, 3.63) is 24.0 Å². The minimum atomic E-state index is 0.445. The van der Waals surface area contributed by atoms with Crippen molar-refractivity contribution in [1.29, 1.82) is 0 Å². The first-order valence-corrected chi connectivity index (χ1v) is 7.60. The van der Waals surface area contributed by atoms with Gasteiger partial charge in [0.2, 0.25) is 0 Å². The van der Waals surface area contributed by atoms with E-state index >= 15 is 0 Å². The fraction of sp³-hybridized carbons (Fsp3) is 0.688. The lowest BCUT2D eigenvalue weighted by Crippen LogP contribution is -2.20. The summed E-state index contributed by atoms with van der Waals surface area (Å²) < 4.78 is 5.57. The number of aromatic nitrogens is 1. The molecule has 1 aromatic heterocycles. The fourth-order valence-electron chi connectivity index (χ4n) is 3.97. The van der Waals surface area contributed by atoms with Gasteiger partial charge in [0.05, 0.1) is 12.8 Å². The van der Waals surface area contributed by atoms with Gasteiger partial charge in [0.25, 0.3) is 0 Å². The van der Waals surface area contributed by atoms with Gasteiger partial charge in [-0.3, -0.25) is 4.98 Å². The standard InChI is InChI=1S/C16H24N2O/c1-3-19-12-8-11(9-18-10-12)16(17-2)15-13-6-4-5-7-14(13)15/h8-10,13-17H,3-7H2,1-2H3. The molecule has 3 unspecified atom stereocenters. The Balaban J connectivity index is 1.77. The molecule has 0 aromatic carbocycles. The number of hydrogen-bond acceptors (Lipinski definition) is 3. The lowest BCUT2D eigenvalue weighted by Gasteiger charge is -2.17.